The fourth-order valence-electron chi connectivity index (χ4n) is 0.880. The fourth-order valence-corrected chi connectivity index (χ4v) is 0.880. The lowest BCUT2D eigenvalue weighted by molar-refractivity contribution is 0.253. The van der Waals surface area contributed by atoms with Crippen molar-refractivity contribution in [2.24, 2.45) is 5.73 Å². The van der Waals surface area contributed by atoms with Gasteiger partial charge in [-0.1, -0.05) is 0 Å². The zero-order valence-electron chi connectivity index (χ0n) is 7.47. The van der Waals surface area contributed by atoms with Crippen LogP contribution in [0.2, 0.25) is 0 Å². The summed E-state index contributed by atoms with van der Waals surface area (Å²) in [5.41, 5.74) is 4.60. The van der Waals surface area contributed by atoms with E-state index < -0.39 is 23.6 Å². The first-order chi connectivity index (χ1) is 6.99. The molecule has 5 nitrogen and oxygen atoms in total. The smallest absolute Gasteiger partial charge is 0.318 e. The molecule has 0 heterocycles. The maximum atomic E-state index is 13.0. The van der Waals surface area contributed by atoms with Crippen molar-refractivity contribution in [3.63, 3.8) is 0 Å². The van der Waals surface area contributed by atoms with Crippen molar-refractivity contribution in [1.82, 2.24) is 5.32 Å². The number of amides is 2. The number of guanidine groups is 1. The molecule has 0 aromatic heterocycles. The van der Waals surface area contributed by atoms with Gasteiger partial charge in [-0.3, -0.25) is 10.7 Å². The molecule has 0 saturated carbocycles. The number of carbonyl (C=O) groups excluding carboxylic acids is 1. The standard InChI is InChI=1S/C8H8F2N4O/c9-4-1-2-6(5(10)3-4)13-7(11)14-8(12)15/h1-3H,(H5,11,12,13,14,15). The van der Waals surface area contributed by atoms with Gasteiger partial charge in [0.05, 0.1) is 5.69 Å². The van der Waals surface area contributed by atoms with Gasteiger partial charge in [-0.2, -0.15) is 0 Å². The van der Waals surface area contributed by atoms with Gasteiger partial charge in [0.25, 0.3) is 0 Å². The number of nitrogens with one attached hydrogen (secondary N) is 3. The highest BCUT2D eigenvalue weighted by atomic mass is 19.1. The SMILES string of the molecule is N=C(NC(N)=O)Nc1ccc(F)cc1F. The third kappa shape index (κ3) is 3.22. The van der Waals surface area contributed by atoms with Crippen molar-refractivity contribution in [3.8, 4) is 0 Å². The van der Waals surface area contributed by atoms with Gasteiger partial charge in [0.2, 0.25) is 5.96 Å². The Morgan fingerprint density at radius 1 is 1.40 bits per heavy atom. The van der Waals surface area contributed by atoms with Crippen LogP contribution in [0.5, 0.6) is 0 Å². The molecule has 0 aliphatic heterocycles. The lowest BCUT2D eigenvalue weighted by Gasteiger charge is -2.08. The third-order valence-electron chi connectivity index (χ3n) is 1.44. The van der Waals surface area contributed by atoms with Gasteiger partial charge in [-0.15, -0.1) is 0 Å². The number of hydrogen-bond donors (Lipinski definition) is 4. The van der Waals surface area contributed by atoms with Crippen LogP contribution >= 0.6 is 0 Å². The molecule has 0 saturated heterocycles. The molecule has 2 amide bonds. The number of rotatable bonds is 1. The number of urea groups is 1. The first-order valence-electron chi connectivity index (χ1n) is 3.86. The van der Waals surface area contributed by atoms with E-state index in [1.165, 1.54) is 0 Å². The lowest BCUT2D eigenvalue weighted by atomic mass is 10.3. The molecule has 7 heteroatoms. The first kappa shape index (κ1) is 10.9. The summed E-state index contributed by atoms with van der Waals surface area (Å²) in [6, 6.07) is 1.82. The summed E-state index contributed by atoms with van der Waals surface area (Å²) >= 11 is 0. The molecule has 0 unspecified atom stereocenters. The second-order valence-electron chi connectivity index (χ2n) is 2.61. The Labute approximate surface area is 83.8 Å². The molecule has 0 aliphatic carbocycles. The summed E-state index contributed by atoms with van der Waals surface area (Å²) in [6.45, 7) is 0. The molecule has 1 aromatic carbocycles. The highest BCUT2D eigenvalue weighted by molar-refractivity contribution is 6.01. The van der Waals surface area contributed by atoms with Gasteiger partial charge in [-0.25, -0.2) is 13.6 Å². The van der Waals surface area contributed by atoms with Crippen LogP contribution < -0.4 is 16.4 Å². The largest absolute Gasteiger partial charge is 0.351 e. The van der Waals surface area contributed by atoms with E-state index in [1.807, 2.05) is 5.32 Å². The van der Waals surface area contributed by atoms with Crippen molar-refractivity contribution in [2.75, 3.05) is 5.32 Å². The predicted octanol–water partition coefficient (Wildman–Crippen LogP) is 0.980. The summed E-state index contributed by atoms with van der Waals surface area (Å²) in [4.78, 5) is 10.3. The zero-order valence-corrected chi connectivity index (χ0v) is 7.47. The molecule has 1 rings (SSSR count). The number of carbonyl (C=O) groups is 1. The van der Waals surface area contributed by atoms with E-state index in [2.05, 4.69) is 5.32 Å². The van der Waals surface area contributed by atoms with E-state index in [9.17, 15) is 13.6 Å². The third-order valence-corrected chi connectivity index (χ3v) is 1.44. The van der Waals surface area contributed by atoms with E-state index in [1.54, 1.807) is 0 Å². The average molecular weight is 214 g/mol. The summed E-state index contributed by atoms with van der Waals surface area (Å²) in [6.07, 6.45) is 0. The van der Waals surface area contributed by atoms with Crippen LogP contribution in [0.15, 0.2) is 18.2 Å². The maximum absolute atomic E-state index is 13.0. The molecule has 0 bridgehead atoms. The molecule has 0 aliphatic rings. The summed E-state index contributed by atoms with van der Waals surface area (Å²) in [5, 5.41) is 11.2. The Morgan fingerprint density at radius 3 is 2.60 bits per heavy atom. The predicted molar refractivity (Wildman–Crippen MR) is 50.4 cm³/mol. The van der Waals surface area contributed by atoms with E-state index in [0.29, 0.717) is 6.07 Å². The highest BCUT2D eigenvalue weighted by Gasteiger charge is 2.06. The Hall–Kier alpha value is -2.18. The molecular formula is C8H8F2N4O. The summed E-state index contributed by atoms with van der Waals surface area (Å²) < 4.78 is 25.5. The second kappa shape index (κ2) is 4.36. The minimum Gasteiger partial charge on any atom is -0.351 e. The van der Waals surface area contributed by atoms with Crippen molar-refractivity contribution < 1.29 is 13.6 Å². The molecule has 1 aromatic rings. The van der Waals surface area contributed by atoms with E-state index >= 15 is 0 Å². The number of primary amides is 1. The molecule has 15 heavy (non-hydrogen) atoms. The second-order valence-corrected chi connectivity index (χ2v) is 2.61. The normalized spacial score (nSPS) is 9.47. The minimum absolute atomic E-state index is 0.129. The van der Waals surface area contributed by atoms with Crippen LogP contribution in [0.4, 0.5) is 19.3 Å². The van der Waals surface area contributed by atoms with E-state index in [0.717, 1.165) is 12.1 Å². The van der Waals surface area contributed by atoms with Crippen molar-refractivity contribution in [2.45, 2.75) is 0 Å². The van der Waals surface area contributed by atoms with Crippen LogP contribution in [-0.4, -0.2) is 12.0 Å². The number of hydrogen-bond acceptors (Lipinski definition) is 2. The topological polar surface area (TPSA) is 91.0 Å². The van der Waals surface area contributed by atoms with Crippen LogP contribution in [0.25, 0.3) is 0 Å². The molecular weight excluding hydrogens is 206 g/mol. The van der Waals surface area contributed by atoms with Gasteiger partial charge in [-0.05, 0) is 12.1 Å². The quantitative estimate of drug-likeness (QED) is 0.414. The Morgan fingerprint density at radius 2 is 2.07 bits per heavy atom. The van der Waals surface area contributed by atoms with Gasteiger partial charge in [0.15, 0.2) is 0 Å². The molecule has 5 N–H and O–H groups in total. The lowest BCUT2D eigenvalue weighted by Crippen LogP contribution is -2.38. The average Bonchev–Trinajstić information content (AvgIpc) is 2.08. The molecule has 0 fully saturated rings. The Balaban J connectivity index is 2.72. The van der Waals surface area contributed by atoms with Gasteiger partial charge in [0.1, 0.15) is 11.6 Å². The van der Waals surface area contributed by atoms with E-state index in [4.69, 9.17) is 11.1 Å². The monoisotopic (exact) mass is 214 g/mol. The number of anilines is 1. The number of halogens is 2. The number of nitrogens with two attached hydrogens (primary N) is 1. The van der Waals surface area contributed by atoms with Crippen LogP contribution in [0, 0.1) is 17.0 Å². The Kier molecular flexibility index (Phi) is 3.17. The zero-order chi connectivity index (χ0) is 11.4. The highest BCUT2D eigenvalue weighted by Crippen LogP contribution is 2.14. The van der Waals surface area contributed by atoms with Crippen molar-refractivity contribution >= 4 is 17.7 Å². The molecule has 0 spiro atoms. The first-order valence-corrected chi connectivity index (χ1v) is 3.86. The van der Waals surface area contributed by atoms with Crippen molar-refractivity contribution in [1.29, 1.82) is 5.41 Å². The van der Waals surface area contributed by atoms with Crippen LogP contribution in [-0.2, 0) is 0 Å². The van der Waals surface area contributed by atoms with Crippen LogP contribution in [0.1, 0.15) is 0 Å². The van der Waals surface area contributed by atoms with E-state index in [-0.39, 0.29) is 5.69 Å². The maximum Gasteiger partial charge on any atom is 0.318 e. The summed E-state index contributed by atoms with van der Waals surface area (Å²) in [7, 11) is 0. The minimum atomic E-state index is -0.949. The molecule has 0 radical (unpaired) electrons. The Bertz CT molecular complexity index is 408. The molecule has 0 atom stereocenters. The van der Waals surface area contributed by atoms with Crippen molar-refractivity contribution in [3.05, 3.63) is 29.8 Å². The van der Waals surface area contributed by atoms with Gasteiger partial charge in [0, 0.05) is 6.07 Å². The summed E-state index contributed by atoms with van der Waals surface area (Å²) in [5.74, 6) is -2.09. The fraction of sp³-hybridized carbons (Fsp3) is 0. The van der Waals surface area contributed by atoms with Crippen LogP contribution in [0.3, 0.4) is 0 Å². The van der Waals surface area contributed by atoms with Gasteiger partial charge < -0.3 is 11.1 Å². The van der Waals surface area contributed by atoms with Gasteiger partial charge >= 0.3 is 6.03 Å². The molecule has 80 valence electrons. The number of benzene rings is 1.